The zero-order valence-corrected chi connectivity index (χ0v) is 19.2. The second-order valence-corrected chi connectivity index (χ2v) is 8.89. The summed E-state index contributed by atoms with van der Waals surface area (Å²) in [6, 6.07) is 19.3. The first-order valence-electron chi connectivity index (χ1n) is 11.5. The van der Waals surface area contributed by atoms with Crippen LogP contribution in [0.15, 0.2) is 66.7 Å². The Morgan fingerprint density at radius 1 is 1.12 bits per heavy atom. The first-order valence-corrected chi connectivity index (χ1v) is 11.5. The van der Waals surface area contributed by atoms with Gasteiger partial charge in [0.25, 0.3) is 0 Å². The van der Waals surface area contributed by atoms with Crippen LogP contribution in [0, 0.1) is 11.7 Å². The molecular formula is C27H28FN3O3. The number of carbonyl (C=O) groups is 1. The number of benzene rings is 3. The molecule has 7 heteroatoms. The van der Waals surface area contributed by atoms with Gasteiger partial charge in [0.15, 0.2) is 0 Å². The molecule has 0 saturated carbocycles. The van der Waals surface area contributed by atoms with Crippen molar-refractivity contribution in [3.8, 4) is 16.9 Å². The van der Waals surface area contributed by atoms with Crippen molar-refractivity contribution in [3.05, 3.63) is 78.1 Å². The third-order valence-electron chi connectivity index (χ3n) is 7.11. The van der Waals surface area contributed by atoms with E-state index < -0.39 is 0 Å². The molecule has 0 bridgehead atoms. The van der Waals surface area contributed by atoms with Gasteiger partial charge in [-0.3, -0.25) is 0 Å². The van der Waals surface area contributed by atoms with E-state index in [-0.39, 0.29) is 36.5 Å². The van der Waals surface area contributed by atoms with Crippen molar-refractivity contribution in [2.75, 3.05) is 37.5 Å². The molecule has 34 heavy (non-hydrogen) atoms. The number of likely N-dealkylation sites (tertiary alicyclic amines) is 1. The summed E-state index contributed by atoms with van der Waals surface area (Å²) in [6.45, 7) is 0.599. The van der Waals surface area contributed by atoms with Gasteiger partial charge in [-0.15, -0.1) is 0 Å². The number of hydrogen-bond acceptors (Lipinski definition) is 4. The number of hydrogen-bond donors (Lipinski definition) is 2. The molecule has 2 amide bonds. The molecule has 3 aromatic rings. The fourth-order valence-corrected chi connectivity index (χ4v) is 5.40. The highest BCUT2D eigenvalue weighted by molar-refractivity contribution is 5.90. The second kappa shape index (κ2) is 8.99. The highest BCUT2D eigenvalue weighted by Crippen LogP contribution is 2.49. The van der Waals surface area contributed by atoms with E-state index in [1.807, 2.05) is 42.3 Å². The van der Waals surface area contributed by atoms with Crippen molar-refractivity contribution in [1.29, 1.82) is 0 Å². The number of fused-ring (bicyclic) bond motifs is 3. The summed E-state index contributed by atoms with van der Waals surface area (Å²) in [5.74, 6) is 0.526. The van der Waals surface area contributed by atoms with E-state index >= 15 is 0 Å². The summed E-state index contributed by atoms with van der Waals surface area (Å²) in [5, 5.41) is 13.2. The molecule has 0 aliphatic carbocycles. The Labute approximate surface area is 198 Å². The standard InChI is InChI=1S/C27H28FN3O3/c1-30-24-11-6-18(17-4-3-5-19(28)14-17)15-23(24)26-22(25(30)16-32)12-13-31(26)27(33)29-20-7-9-21(34-2)10-8-20/h3-11,14-15,22,25-26,32H,12-13,16H2,1-2H3,(H,29,33)/t22-,25-,26-/m0/s1. The second-order valence-electron chi connectivity index (χ2n) is 8.89. The topological polar surface area (TPSA) is 65.0 Å². The van der Waals surface area contributed by atoms with Gasteiger partial charge in [-0.05, 0) is 71.6 Å². The van der Waals surface area contributed by atoms with Crippen LogP contribution in [0.5, 0.6) is 5.75 Å². The van der Waals surface area contributed by atoms with Crippen LogP contribution in [0.25, 0.3) is 11.1 Å². The van der Waals surface area contributed by atoms with Crippen LogP contribution in [0.1, 0.15) is 18.0 Å². The van der Waals surface area contributed by atoms with Gasteiger partial charge >= 0.3 is 6.03 Å². The highest BCUT2D eigenvalue weighted by atomic mass is 19.1. The lowest BCUT2D eigenvalue weighted by atomic mass is 9.81. The predicted molar refractivity (Wildman–Crippen MR) is 131 cm³/mol. The lowest BCUT2D eigenvalue weighted by Crippen LogP contribution is -2.48. The minimum absolute atomic E-state index is 0.0106. The maximum absolute atomic E-state index is 13.9. The summed E-state index contributed by atoms with van der Waals surface area (Å²) in [5.41, 5.74) is 4.37. The van der Waals surface area contributed by atoms with E-state index in [2.05, 4.69) is 16.3 Å². The number of anilines is 2. The average molecular weight is 462 g/mol. The Morgan fingerprint density at radius 2 is 1.88 bits per heavy atom. The molecule has 2 N–H and O–H groups in total. The van der Waals surface area contributed by atoms with E-state index in [4.69, 9.17) is 4.74 Å². The van der Waals surface area contributed by atoms with Crippen LogP contribution in [0.4, 0.5) is 20.6 Å². The number of aliphatic hydroxyl groups excluding tert-OH is 1. The van der Waals surface area contributed by atoms with Crippen LogP contribution in [0.2, 0.25) is 0 Å². The van der Waals surface area contributed by atoms with Gasteiger partial charge in [0, 0.05) is 30.9 Å². The van der Waals surface area contributed by atoms with Gasteiger partial charge in [0.05, 0.1) is 25.8 Å². The first kappa shape index (κ1) is 22.2. The Bertz CT molecular complexity index is 1200. The number of rotatable bonds is 4. The zero-order valence-electron chi connectivity index (χ0n) is 19.2. The maximum Gasteiger partial charge on any atom is 0.322 e. The molecule has 0 radical (unpaired) electrons. The number of nitrogens with zero attached hydrogens (tertiary/aromatic N) is 2. The number of halogens is 1. The van der Waals surface area contributed by atoms with Gasteiger partial charge in [0.1, 0.15) is 11.6 Å². The lowest BCUT2D eigenvalue weighted by molar-refractivity contribution is 0.168. The summed E-state index contributed by atoms with van der Waals surface area (Å²) >= 11 is 0. The van der Waals surface area contributed by atoms with Crippen molar-refractivity contribution in [1.82, 2.24) is 4.90 Å². The SMILES string of the molecule is COc1ccc(NC(=O)N2CC[C@@H]3[C@H]2c2cc(-c4cccc(F)c4)ccc2N(C)[C@H]3CO)cc1. The molecule has 0 aromatic heterocycles. The number of likely N-dealkylation sites (N-methyl/N-ethyl adjacent to an activating group) is 1. The fraction of sp³-hybridized carbons (Fsp3) is 0.296. The molecule has 2 aliphatic rings. The largest absolute Gasteiger partial charge is 0.497 e. The monoisotopic (exact) mass is 461 g/mol. The number of amides is 2. The van der Waals surface area contributed by atoms with Crippen molar-refractivity contribution in [2.45, 2.75) is 18.5 Å². The minimum atomic E-state index is -0.285. The molecule has 176 valence electrons. The van der Waals surface area contributed by atoms with E-state index in [9.17, 15) is 14.3 Å². The smallest absolute Gasteiger partial charge is 0.322 e. The van der Waals surface area contributed by atoms with Crippen molar-refractivity contribution >= 4 is 17.4 Å². The van der Waals surface area contributed by atoms with Crippen molar-refractivity contribution < 1.29 is 19.0 Å². The Hall–Kier alpha value is -3.58. The molecule has 2 aliphatic heterocycles. The van der Waals surface area contributed by atoms with Crippen LogP contribution < -0.4 is 15.0 Å². The fourth-order valence-electron chi connectivity index (χ4n) is 5.40. The van der Waals surface area contributed by atoms with Crippen LogP contribution >= 0.6 is 0 Å². The maximum atomic E-state index is 13.9. The normalized spacial score (nSPS) is 21.1. The molecule has 3 aromatic carbocycles. The molecule has 5 rings (SSSR count). The number of ether oxygens (including phenoxy) is 1. The minimum Gasteiger partial charge on any atom is -0.497 e. The van der Waals surface area contributed by atoms with E-state index in [0.29, 0.717) is 12.2 Å². The summed E-state index contributed by atoms with van der Waals surface area (Å²) in [7, 11) is 3.59. The van der Waals surface area contributed by atoms with Crippen molar-refractivity contribution in [2.24, 2.45) is 5.92 Å². The molecule has 1 fully saturated rings. The molecule has 2 heterocycles. The number of aliphatic hydroxyl groups is 1. The number of urea groups is 1. The molecule has 3 atom stereocenters. The third kappa shape index (κ3) is 3.86. The van der Waals surface area contributed by atoms with E-state index in [1.165, 1.54) is 12.1 Å². The Kier molecular flexibility index (Phi) is 5.87. The summed E-state index contributed by atoms with van der Waals surface area (Å²) < 4.78 is 19.1. The molecule has 1 saturated heterocycles. The van der Waals surface area contributed by atoms with Crippen LogP contribution in [0.3, 0.4) is 0 Å². The van der Waals surface area contributed by atoms with Crippen LogP contribution in [-0.2, 0) is 0 Å². The summed E-state index contributed by atoms with van der Waals surface area (Å²) in [4.78, 5) is 17.3. The van der Waals surface area contributed by atoms with Gasteiger partial charge in [-0.1, -0.05) is 18.2 Å². The predicted octanol–water partition coefficient (Wildman–Crippen LogP) is 4.91. The highest BCUT2D eigenvalue weighted by Gasteiger charge is 2.47. The Morgan fingerprint density at radius 3 is 2.59 bits per heavy atom. The van der Waals surface area contributed by atoms with Crippen LogP contribution in [-0.4, -0.2) is 49.4 Å². The van der Waals surface area contributed by atoms with E-state index in [0.717, 1.165) is 34.5 Å². The zero-order chi connectivity index (χ0) is 23.8. The summed E-state index contributed by atoms with van der Waals surface area (Å²) in [6.07, 6.45) is 0.792. The van der Waals surface area contributed by atoms with Crippen molar-refractivity contribution in [3.63, 3.8) is 0 Å². The quantitative estimate of drug-likeness (QED) is 0.580. The van der Waals surface area contributed by atoms with Gasteiger partial charge < -0.3 is 25.0 Å². The third-order valence-corrected chi connectivity index (χ3v) is 7.11. The van der Waals surface area contributed by atoms with E-state index in [1.54, 1.807) is 25.3 Å². The lowest BCUT2D eigenvalue weighted by Gasteiger charge is -2.44. The number of nitrogens with one attached hydrogen (secondary N) is 1. The van der Waals surface area contributed by atoms with Gasteiger partial charge in [0.2, 0.25) is 0 Å². The molecule has 0 spiro atoms. The first-order chi connectivity index (χ1) is 16.5. The average Bonchev–Trinajstić information content (AvgIpc) is 3.30. The molecule has 6 nitrogen and oxygen atoms in total. The van der Waals surface area contributed by atoms with Gasteiger partial charge in [-0.25, -0.2) is 9.18 Å². The molecule has 0 unspecified atom stereocenters. The van der Waals surface area contributed by atoms with Gasteiger partial charge in [-0.2, -0.15) is 0 Å². The number of methoxy groups -OCH3 is 1. The Balaban J connectivity index is 1.51. The number of carbonyl (C=O) groups excluding carboxylic acids is 1. The molecular weight excluding hydrogens is 433 g/mol.